The van der Waals surface area contributed by atoms with E-state index in [-0.39, 0.29) is 6.04 Å². The maximum Gasteiger partial charge on any atom is 0.233 e. The van der Waals surface area contributed by atoms with Gasteiger partial charge in [0.2, 0.25) is 5.90 Å². The van der Waals surface area contributed by atoms with Gasteiger partial charge in [-0.1, -0.05) is 32.4 Å². The molecule has 0 bridgehead atoms. The first-order valence-electron chi connectivity index (χ1n) is 8.73. The fourth-order valence-corrected chi connectivity index (χ4v) is 3.10. The van der Waals surface area contributed by atoms with Gasteiger partial charge in [-0.25, -0.2) is 4.99 Å². The second-order valence-corrected chi connectivity index (χ2v) is 6.37. The smallest absolute Gasteiger partial charge is 0.233 e. The summed E-state index contributed by atoms with van der Waals surface area (Å²) in [5.74, 6) is 2.76. The van der Waals surface area contributed by atoms with E-state index in [9.17, 15) is 0 Å². The molecule has 5 nitrogen and oxygen atoms in total. The topological polar surface area (TPSA) is 45.0 Å². The molecule has 1 aromatic heterocycles. The molecule has 5 heteroatoms. The van der Waals surface area contributed by atoms with Crippen LogP contribution in [0.3, 0.4) is 0 Å². The number of ether oxygens (including phenoxy) is 3. The van der Waals surface area contributed by atoms with Gasteiger partial charge in [0, 0.05) is 11.8 Å². The minimum Gasteiger partial charge on any atom is -0.493 e. The van der Waals surface area contributed by atoms with Crippen molar-refractivity contribution in [2.75, 3.05) is 20.8 Å². The van der Waals surface area contributed by atoms with Gasteiger partial charge < -0.3 is 18.8 Å². The van der Waals surface area contributed by atoms with Crippen molar-refractivity contribution in [2.45, 2.75) is 32.9 Å². The number of hydrogen-bond acceptors (Lipinski definition) is 4. The fourth-order valence-electron chi connectivity index (χ4n) is 3.10. The van der Waals surface area contributed by atoms with Gasteiger partial charge in [-0.15, -0.1) is 0 Å². The van der Waals surface area contributed by atoms with Crippen molar-refractivity contribution in [1.82, 2.24) is 4.57 Å². The Kier molecular flexibility index (Phi) is 5.31. The van der Waals surface area contributed by atoms with E-state index < -0.39 is 0 Å². The molecule has 1 aliphatic rings. The summed E-state index contributed by atoms with van der Waals surface area (Å²) in [4.78, 5) is 4.80. The molecule has 2 atom stereocenters. The highest BCUT2D eigenvalue weighted by Crippen LogP contribution is 2.31. The van der Waals surface area contributed by atoms with Crippen molar-refractivity contribution in [3.8, 4) is 11.5 Å². The highest BCUT2D eigenvalue weighted by molar-refractivity contribution is 5.93. The van der Waals surface area contributed by atoms with Crippen LogP contribution in [0.1, 0.15) is 31.5 Å². The molecule has 0 spiro atoms. The monoisotopic (exact) mass is 342 g/mol. The molecule has 25 heavy (non-hydrogen) atoms. The number of para-hydroxylation sites is 1. The van der Waals surface area contributed by atoms with Crippen LogP contribution in [-0.2, 0) is 11.3 Å². The minimum atomic E-state index is 0.245. The van der Waals surface area contributed by atoms with E-state index in [0.717, 1.165) is 35.1 Å². The molecule has 1 aromatic carbocycles. The summed E-state index contributed by atoms with van der Waals surface area (Å²) in [7, 11) is 3.32. The van der Waals surface area contributed by atoms with E-state index in [1.54, 1.807) is 14.2 Å². The normalized spacial score (nSPS) is 17.8. The van der Waals surface area contributed by atoms with Crippen LogP contribution in [0.15, 0.2) is 41.5 Å². The third kappa shape index (κ3) is 3.50. The molecule has 0 unspecified atom stereocenters. The second kappa shape index (κ2) is 7.64. The molecule has 0 saturated carbocycles. The van der Waals surface area contributed by atoms with Crippen LogP contribution in [0.4, 0.5) is 0 Å². The van der Waals surface area contributed by atoms with Gasteiger partial charge in [-0.3, -0.25) is 0 Å². The SMILES string of the molecule is CC[C@@H](C)[C@@H]1COC(c2cccn2Cc2cccc(OC)c2OC)=N1. The molecule has 1 aliphatic heterocycles. The van der Waals surface area contributed by atoms with Crippen molar-refractivity contribution in [3.63, 3.8) is 0 Å². The molecule has 0 radical (unpaired) electrons. The predicted molar refractivity (Wildman–Crippen MR) is 98.8 cm³/mol. The van der Waals surface area contributed by atoms with E-state index in [0.29, 0.717) is 19.1 Å². The van der Waals surface area contributed by atoms with Gasteiger partial charge in [0.15, 0.2) is 11.5 Å². The van der Waals surface area contributed by atoms with Gasteiger partial charge in [-0.05, 0) is 24.1 Å². The molecule has 0 fully saturated rings. The van der Waals surface area contributed by atoms with Crippen LogP contribution in [0.25, 0.3) is 0 Å². The third-order valence-corrected chi connectivity index (χ3v) is 4.85. The van der Waals surface area contributed by atoms with Gasteiger partial charge >= 0.3 is 0 Å². The van der Waals surface area contributed by atoms with Gasteiger partial charge in [0.1, 0.15) is 12.3 Å². The first kappa shape index (κ1) is 17.4. The summed E-state index contributed by atoms with van der Waals surface area (Å²) in [6, 6.07) is 10.2. The van der Waals surface area contributed by atoms with Crippen LogP contribution >= 0.6 is 0 Å². The Morgan fingerprint density at radius 1 is 1.24 bits per heavy atom. The van der Waals surface area contributed by atoms with E-state index in [1.807, 2.05) is 36.5 Å². The molecule has 0 N–H and O–H groups in total. The van der Waals surface area contributed by atoms with Gasteiger partial charge in [-0.2, -0.15) is 0 Å². The fraction of sp³-hybridized carbons (Fsp3) is 0.450. The number of methoxy groups -OCH3 is 2. The van der Waals surface area contributed by atoms with Gasteiger partial charge in [0.05, 0.1) is 26.8 Å². The predicted octanol–water partition coefficient (Wildman–Crippen LogP) is 3.75. The average molecular weight is 342 g/mol. The number of hydrogen-bond donors (Lipinski definition) is 0. The molecule has 134 valence electrons. The standard InChI is InChI=1S/C20H26N2O3/c1-5-14(2)16-13-25-20(21-16)17-9-7-11-22(17)12-15-8-6-10-18(23-3)19(15)24-4/h6-11,14,16H,5,12-13H2,1-4H3/t14-,16+/m1/s1. The van der Waals surface area contributed by atoms with Crippen LogP contribution in [-0.4, -0.2) is 37.3 Å². The van der Waals surface area contributed by atoms with Crippen LogP contribution in [0, 0.1) is 5.92 Å². The number of aromatic nitrogens is 1. The largest absolute Gasteiger partial charge is 0.493 e. The Morgan fingerprint density at radius 3 is 2.80 bits per heavy atom. The van der Waals surface area contributed by atoms with E-state index in [2.05, 4.69) is 18.4 Å². The van der Waals surface area contributed by atoms with E-state index in [1.165, 1.54) is 0 Å². The number of rotatable bonds is 7. The zero-order valence-corrected chi connectivity index (χ0v) is 15.4. The number of aliphatic imine (C=N–C) groups is 1. The lowest BCUT2D eigenvalue weighted by atomic mass is 10.0. The van der Waals surface area contributed by atoms with Crippen LogP contribution in [0.2, 0.25) is 0 Å². The molecule has 0 saturated heterocycles. The Hall–Kier alpha value is -2.43. The summed E-state index contributed by atoms with van der Waals surface area (Å²) in [5, 5.41) is 0. The maximum absolute atomic E-state index is 5.89. The lowest BCUT2D eigenvalue weighted by molar-refractivity contribution is 0.281. The Labute approximate surface area is 149 Å². The highest BCUT2D eigenvalue weighted by Gasteiger charge is 2.26. The van der Waals surface area contributed by atoms with Crippen LogP contribution < -0.4 is 9.47 Å². The second-order valence-electron chi connectivity index (χ2n) is 6.37. The molecule has 2 heterocycles. The van der Waals surface area contributed by atoms with Crippen molar-refractivity contribution in [1.29, 1.82) is 0 Å². The summed E-state index contributed by atoms with van der Waals surface area (Å²) in [6.45, 7) is 5.74. The van der Waals surface area contributed by atoms with Crippen molar-refractivity contribution < 1.29 is 14.2 Å². The first-order chi connectivity index (χ1) is 12.2. The Balaban J connectivity index is 1.87. The number of nitrogens with zero attached hydrogens (tertiary/aromatic N) is 2. The molecule has 0 amide bonds. The summed E-state index contributed by atoms with van der Waals surface area (Å²) in [6.07, 6.45) is 3.14. The molecule has 2 aromatic rings. The molecule has 0 aliphatic carbocycles. The Morgan fingerprint density at radius 2 is 2.08 bits per heavy atom. The van der Waals surface area contributed by atoms with E-state index in [4.69, 9.17) is 19.2 Å². The summed E-state index contributed by atoms with van der Waals surface area (Å²) >= 11 is 0. The summed E-state index contributed by atoms with van der Waals surface area (Å²) in [5.41, 5.74) is 2.05. The zero-order valence-electron chi connectivity index (χ0n) is 15.4. The van der Waals surface area contributed by atoms with Crippen molar-refractivity contribution >= 4 is 5.90 Å². The third-order valence-electron chi connectivity index (χ3n) is 4.85. The minimum absolute atomic E-state index is 0.245. The Bertz CT molecular complexity index is 751. The number of benzene rings is 1. The summed E-state index contributed by atoms with van der Waals surface area (Å²) < 4.78 is 19.0. The van der Waals surface area contributed by atoms with E-state index >= 15 is 0 Å². The maximum atomic E-state index is 5.89. The first-order valence-corrected chi connectivity index (χ1v) is 8.73. The molecular formula is C20H26N2O3. The van der Waals surface area contributed by atoms with Crippen LogP contribution in [0.5, 0.6) is 11.5 Å². The lowest BCUT2D eigenvalue weighted by Gasteiger charge is -2.14. The van der Waals surface area contributed by atoms with Crippen molar-refractivity contribution in [3.05, 3.63) is 47.8 Å². The molecular weight excluding hydrogens is 316 g/mol. The van der Waals surface area contributed by atoms with Crippen molar-refractivity contribution in [2.24, 2.45) is 10.9 Å². The average Bonchev–Trinajstić information content (AvgIpc) is 3.29. The molecule has 3 rings (SSSR count). The zero-order chi connectivity index (χ0) is 17.8. The van der Waals surface area contributed by atoms with Gasteiger partial charge in [0.25, 0.3) is 0 Å². The quantitative estimate of drug-likeness (QED) is 0.770. The lowest BCUT2D eigenvalue weighted by Crippen LogP contribution is -2.16. The highest BCUT2D eigenvalue weighted by atomic mass is 16.5.